The third kappa shape index (κ3) is 2.41. The lowest BCUT2D eigenvalue weighted by atomic mass is 10.5. The Hall–Kier alpha value is -1.11. The summed E-state index contributed by atoms with van der Waals surface area (Å²) in [5.74, 6) is -0.365. The van der Waals surface area contributed by atoms with Crippen LogP contribution in [0.2, 0.25) is 0 Å². The first-order chi connectivity index (χ1) is 6.15. The van der Waals surface area contributed by atoms with Crippen molar-refractivity contribution in [2.75, 3.05) is 0 Å². The van der Waals surface area contributed by atoms with E-state index in [1.165, 1.54) is 11.8 Å². The van der Waals surface area contributed by atoms with E-state index in [9.17, 15) is 4.79 Å². The molecule has 0 saturated carbocycles. The van der Waals surface area contributed by atoms with E-state index in [1.807, 2.05) is 6.92 Å². The number of hydrogen-bond donors (Lipinski definition) is 1. The summed E-state index contributed by atoms with van der Waals surface area (Å²) in [7, 11) is 0. The summed E-state index contributed by atoms with van der Waals surface area (Å²) < 4.78 is 1.62. The molecule has 0 spiro atoms. The molecule has 6 nitrogen and oxygen atoms in total. The smallest absolute Gasteiger partial charge is 0.230 e. The first-order valence-electron chi connectivity index (χ1n) is 3.87. The van der Waals surface area contributed by atoms with Crippen molar-refractivity contribution in [1.82, 2.24) is 20.2 Å². The van der Waals surface area contributed by atoms with Crippen molar-refractivity contribution in [3.63, 3.8) is 0 Å². The van der Waals surface area contributed by atoms with Gasteiger partial charge >= 0.3 is 0 Å². The Morgan fingerprint density at radius 1 is 1.77 bits per heavy atom. The molecule has 0 fully saturated rings. The minimum absolute atomic E-state index is 0.309. The summed E-state index contributed by atoms with van der Waals surface area (Å²) >= 11 is 1.26. The van der Waals surface area contributed by atoms with Crippen LogP contribution < -0.4 is 5.73 Å². The second-order valence-corrected chi connectivity index (χ2v) is 3.75. The molecule has 0 bridgehead atoms. The number of tetrazole rings is 1. The first-order valence-corrected chi connectivity index (χ1v) is 4.75. The van der Waals surface area contributed by atoms with Gasteiger partial charge in [0.2, 0.25) is 11.1 Å². The highest BCUT2D eigenvalue weighted by Crippen LogP contribution is 2.19. The monoisotopic (exact) mass is 201 g/mol. The molecular formula is C6H11N5OS. The van der Waals surface area contributed by atoms with Gasteiger partial charge in [-0.1, -0.05) is 11.8 Å². The maximum absolute atomic E-state index is 10.7. The van der Waals surface area contributed by atoms with Gasteiger partial charge < -0.3 is 5.73 Å². The minimum atomic E-state index is -0.365. The Bertz CT molecular complexity index is 299. The van der Waals surface area contributed by atoms with Crippen LogP contribution in [0.1, 0.15) is 13.8 Å². The van der Waals surface area contributed by atoms with E-state index in [4.69, 9.17) is 5.73 Å². The Morgan fingerprint density at radius 2 is 2.46 bits per heavy atom. The third-order valence-corrected chi connectivity index (χ3v) is 2.57. The molecule has 1 atom stereocenters. The van der Waals surface area contributed by atoms with Gasteiger partial charge in [0, 0.05) is 6.54 Å². The van der Waals surface area contributed by atoms with E-state index < -0.39 is 0 Å². The van der Waals surface area contributed by atoms with Crippen molar-refractivity contribution < 1.29 is 4.79 Å². The summed E-state index contributed by atoms with van der Waals surface area (Å²) in [6.07, 6.45) is 0. The number of carbonyl (C=O) groups is 1. The number of hydrogen-bond acceptors (Lipinski definition) is 5. The van der Waals surface area contributed by atoms with Gasteiger partial charge in [-0.25, -0.2) is 4.68 Å². The molecule has 0 aliphatic carbocycles. The molecule has 72 valence electrons. The maximum atomic E-state index is 10.7. The number of carbonyl (C=O) groups excluding carboxylic acids is 1. The van der Waals surface area contributed by atoms with Gasteiger partial charge in [-0.3, -0.25) is 4.79 Å². The quantitative estimate of drug-likeness (QED) is 0.673. The lowest BCUT2D eigenvalue weighted by Gasteiger charge is -2.04. The summed E-state index contributed by atoms with van der Waals surface area (Å²) in [5.41, 5.74) is 5.11. The maximum Gasteiger partial charge on any atom is 0.230 e. The number of aryl methyl sites for hydroxylation is 1. The number of aromatic nitrogens is 4. The number of nitrogens with two attached hydrogens (primary N) is 1. The Balaban J connectivity index is 2.68. The van der Waals surface area contributed by atoms with Crippen LogP contribution in [0, 0.1) is 0 Å². The Kier molecular flexibility index (Phi) is 3.24. The third-order valence-electron chi connectivity index (χ3n) is 1.48. The van der Waals surface area contributed by atoms with E-state index in [0.717, 1.165) is 0 Å². The zero-order valence-electron chi connectivity index (χ0n) is 7.47. The van der Waals surface area contributed by atoms with Gasteiger partial charge in [0.1, 0.15) is 0 Å². The second kappa shape index (κ2) is 4.22. The van der Waals surface area contributed by atoms with E-state index in [2.05, 4.69) is 15.5 Å². The highest BCUT2D eigenvalue weighted by molar-refractivity contribution is 8.00. The molecule has 7 heteroatoms. The molecule has 13 heavy (non-hydrogen) atoms. The van der Waals surface area contributed by atoms with Crippen molar-refractivity contribution in [1.29, 1.82) is 0 Å². The lowest BCUT2D eigenvalue weighted by molar-refractivity contribution is -0.117. The van der Waals surface area contributed by atoms with Gasteiger partial charge in [0.05, 0.1) is 5.25 Å². The summed E-state index contributed by atoms with van der Waals surface area (Å²) in [6.45, 7) is 4.33. The second-order valence-electron chi connectivity index (χ2n) is 2.44. The normalized spacial score (nSPS) is 12.8. The van der Waals surface area contributed by atoms with Crippen LogP contribution in [-0.4, -0.2) is 31.4 Å². The van der Waals surface area contributed by atoms with Gasteiger partial charge in [0.15, 0.2) is 0 Å². The average molecular weight is 201 g/mol. The van der Waals surface area contributed by atoms with Gasteiger partial charge in [-0.15, -0.1) is 5.10 Å². The van der Waals surface area contributed by atoms with Gasteiger partial charge in [-0.05, 0) is 24.3 Å². The standard InChI is InChI=1S/C6H11N5OS/c1-3-11-6(8-9-10-11)13-4(2)5(7)12/h4H,3H2,1-2H3,(H2,7,12)/t4-/m0/s1. The van der Waals surface area contributed by atoms with Crippen LogP contribution in [0.4, 0.5) is 0 Å². The molecule has 0 radical (unpaired) electrons. The fraction of sp³-hybridized carbons (Fsp3) is 0.667. The fourth-order valence-electron chi connectivity index (χ4n) is 0.696. The summed E-state index contributed by atoms with van der Waals surface area (Å²) in [5, 5.41) is 11.3. The Morgan fingerprint density at radius 3 is 3.00 bits per heavy atom. The van der Waals surface area contributed by atoms with Crippen molar-refractivity contribution in [2.45, 2.75) is 30.8 Å². The van der Waals surface area contributed by atoms with Crippen molar-refractivity contribution in [3.8, 4) is 0 Å². The molecule has 1 rings (SSSR count). The number of primary amides is 1. The van der Waals surface area contributed by atoms with E-state index in [1.54, 1.807) is 11.6 Å². The van der Waals surface area contributed by atoms with Gasteiger partial charge in [0.25, 0.3) is 0 Å². The molecule has 0 aromatic carbocycles. The van der Waals surface area contributed by atoms with Crippen LogP contribution in [0.5, 0.6) is 0 Å². The van der Waals surface area contributed by atoms with Crippen LogP contribution in [0.25, 0.3) is 0 Å². The first kappa shape index (κ1) is 9.97. The number of thioether (sulfide) groups is 1. The number of rotatable bonds is 4. The van der Waals surface area contributed by atoms with Crippen LogP contribution in [-0.2, 0) is 11.3 Å². The largest absolute Gasteiger partial charge is 0.369 e. The number of amides is 1. The van der Waals surface area contributed by atoms with E-state index >= 15 is 0 Å². The van der Waals surface area contributed by atoms with Crippen molar-refractivity contribution >= 4 is 17.7 Å². The van der Waals surface area contributed by atoms with Crippen LogP contribution in [0.15, 0.2) is 5.16 Å². The molecule has 0 unspecified atom stereocenters. The SMILES string of the molecule is CCn1nnnc1S[C@@H](C)C(N)=O. The van der Waals surface area contributed by atoms with Crippen LogP contribution >= 0.6 is 11.8 Å². The molecule has 1 amide bonds. The van der Waals surface area contributed by atoms with E-state index in [-0.39, 0.29) is 11.2 Å². The molecule has 0 saturated heterocycles. The van der Waals surface area contributed by atoms with Gasteiger partial charge in [-0.2, -0.15) is 0 Å². The molecule has 1 aromatic rings. The predicted octanol–water partition coefficient (Wildman–Crippen LogP) is -0.341. The number of nitrogens with zero attached hydrogens (tertiary/aromatic N) is 4. The zero-order chi connectivity index (χ0) is 9.84. The van der Waals surface area contributed by atoms with Crippen LogP contribution in [0.3, 0.4) is 0 Å². The fourth-order valence-corrected chi connectivity index (χ4v) is 1.50. The Labute approximate surface area is 79.9 Å². The topological polar surface area (TPSA) is 86.7 Å². The summed E-state index contributed by atoms with van der Waals surface area (Å²) in [6, 6.07) is 0. The minimum Gasteiger partial charge on any atom is -0.369 e. The highest BCUT2D eigenvalue weighted by atomic mass is 32.2. The zero-order valence-corrected chi connectivity index (χ0v) is 8.28. The predicted molar refractivity (Wildman–Crippen MR) is 48.0 cm³/mol. The molecule has 0 aliphatic rings. The molecule has 2 N–H and O–H groups in total. The van der Waals surface area contributed by atoms with Crippen molar-refractivity contribution in [2.24, 2.45) is 5.73 Å². The van der Waals surface area contributed by atoms with Crippen molar-refractivity contribution in [3.05, 3.63) is 0 Å². The molecule has 0 aliphatic heterocycles. The van der Waals surface area contributed by atoms with E-state index in [0.29, 0.717) is 11.7 Å². The average Bonchev–Trinajstić information content (AvgIpc) is 2.51. The highest BCUT2D eigenvalue weighted by Gasteiger charge is 2.14. The lowest BCUT2D eigenvalue weighted by Crippen LogP contribution is -2.23. The molecular weight excluding hydrogens is 190 g/mol. The molecule has 1 heterocycles. The summed E-state index contributed by atoms with van der Waals surface area (Å²) in [4.78, 5) is 10.7. The molecule has 1 aromatic heterocycles.